The van der Waals surface area contributed by atoms with Crippen molar-refractivity contribution in [2.45, 2.75) is 57.3 Å². The number of thiazole rings is 1. The molecule has 3 rings (SSSR count). The molecule has 1 saturated heterocycles. The Balaban J connectivity index is 1.67. The van der Waals surface area contributed by atoms with Gasteiger partial charge in [-0.3, -0.25) is 4.90 Å². The average Bonchev–Trinajstić information content (AvgIpc) is 2.88. The van der Waals surface area contributed by atoms with Gasteiger partial charge in [0.05, 0.1) is 24.4 Å². The lowest BCUT2D eigenvalue weighted by Crippen LogP contribution is -2.52. The van der Waals surface area contributed by atoms with Gasteiger partial charge in [0.1, 0.15) is 5.01 Å². The molecule has 0 aromatic carbocycles. The number of nitrogens with zero attached hydrogens (tertiary/aromatic N) is 2. The molecule has 3 atom stereocenters. The largest absolute Gasteiger partial charge is 0.375 e. The quantitative estimate of drug-likeness (QED) is 0.923. The molecule has 0 radical (unpaired) electrons. The van der Waals surface area contributed by atoms with Crippen LogP contribution in [0.5, 0.6) is 0 Å². The predicted molar refractivity (Wildman–Crippen MR) is 77.1 cm³/mol. The van der Waals surface area contributed by atoms with E-state index >= 15 is 0 Å². The van der Waals surface area contributed by atoms with Crippen LogP contribution in [0.25, 0.3) is 0 Å². The Kier molecular flexibility index (Phi) is 4.17. The summed E-state index contributed by atoms with van der Waals surface area (Å²) in [6.45, 7) is 4.85. The van der Waals surface area contributed by atoms with Gasteiger partial charge in [-0.1, -0.05) is 12.8 Å². The van der Waals surface area contributed by atoms with E-state index in [4.69, 9.17) is 10.5 Å². The summed E-state index contributed by atoms with van der Waals surface area (Å²) in [5.74, 6) is 0. The van der Waals surface area contributed by atoms with Gasteiger partial charge in [-0.2, -0.15) is 0 Å². The molecule has 0 bridgehead atoms. The maximum absolute atomic E-state index is 5.91. The van der Waals surface area contributed by atoms with E-state index in [9.17, 15) is 0 Å². The molecule has 2 aliphatic rings. The van der Waals surface area contributed by atoms with Crippen LogP contribution in [0, 0.1) is 0 Å². The van der Waals surface area contributed by atoms with E-state index in [1.54, 1.807) is 11.3 Å². The van der Waals surface area contributed by atoms with Crippen LogP contribution in [-0.4, -0.2) is 35.2 Å². The van der Waals surface area contributed by atoms with Gasteiger partial charge in [-0.05, 0) is 19.8 Å². The SMILES string of the molecule is CC(N)c1nc(CN2CCOC3CCCCC32)cs1. The molecule has 106 valence electrons. The standard InChI is InChI=1S/C14H23N3OS/c1-10(15)14-16-11(9-19-14)8-17-6-7-18-13-5-3-2-4-12(13)17/h9-10,12-13H,2-8,15H2,1H3. The van der Waals surface area contributed by atoms with Crippen LogP contribution in [0.2, 0.25) is 0 Å². The fourth-order valence-electron chi connectivity index (χ4n) is 3.19. The Morgan fingerprint density at radius 2 is 2.37 bits per heavy atom. The first-order chi connectivity index (χ1) is 9.24. The van der Waals surface area contributed by atoms with Crippen molar-refractivity contribution < 1.29 is 4.74 Å². The smallest absolute Gasteiger partial charge is 0.109 e. The second kappa shape index (κ2) is 5.87. The van der Waals surface area contributed by atoms with Gasteiger partial charge in [-0.15, -0.1) is 11.3 Å². The summed E-state index contributed by atoms with van der Waals surface area (Å²) in [6, 6.07) is 0.647. The third-order valence-corrected chi connectivity index (χ3v) is 5.27. The summed E-state index contributed by atoms with van der Waals surface area (Å²) < 4.78 is 5.91. The second-order valence-electron chi connectivity index (χ2n) is 5.70. The number of fused-ring (bicyclic) bond motifs is 1. The third-order valence-electron chi connectivity index (χ3n) is 4.17. The number of hydrogen-bond donors (Lipinski definition) is 1. The number of hydrogen-bond acceptors (Lipinski definition) is 5. The number of nitrogens with two attached hydrogens (primary N) is 1. The summed E-state index contributed by atoms with van der Waals surface area (Å²) in [5.41, 5.74) is 7.05. The van der Waals surface area contributed by atoms with Crippen LogP contribution >= 0.6 is 11.3 Å². The highest BCUT2D eigenvalue weighted by Crippen LogP contribution is 2.29. The van der Waals surface area contributed by atoms with Gasteiger partial charge in [0.25, 0.3) is 0 Å². The molecule has 0 spiro atoms. The highest BCUT2D eigenvalue weighted by molar-refractivity contribution is 7.09. The van der Waals surface area contributed by atoms with Crippen molar-refractivity contribution in [3.63, 3.8) is 0 Å². The number of aromatic nitrogens is 1. The number of rotatable bonds is 3. The van der Waals surface area contributed by atoms with E-state index in [-0.39, 0.29) is 6.04 Å². The zero-order valence-electron chi connectivity index (χ0n) is 11.5. The van der Waals surface area contributed by atoms with E-state index < -0.39 is 0 Å². The maximum atomic E-state index is 5.91. The Morgan fingerprint density at radius 3 is 3.16 bits per heavy atom. The molecule has 1 aromatic rings. The lowest BCUT2D eigenvalue weighted by atomic mass is 9.90. The van der Waals surface area contributed by atoms with E-state index in [0.717, 1.165) is 24.7 Å². The summed E-state index contributed by atoms with van der Waals surface area (Å²) in [6.07, 6.45) is 5.61. The van der Waals surface area contributed by atoms with Crippen molar-refractivity contribution in [2.75, 3.05) is 13.2 Å². The minimum atomic E-state index is 0.0471. The van der Waals surface area contributed by atoms with Crippen LogP contribution in [0.1, 0.15) is 49.4 Å². The topological polar surface area (TPSA) is 51.4 Å². The van der Waals surface area contributed by atoms with Crippen LogP contribution in [-0.2, 0) is 11.3 Å². The van der Waals surface area contributed by atoms with Gasteiger partial charge in [0.15, 0.2) is 0 Å². The Bertz CT molecular complexity index is 419. The molecule has 19 heavy (non-hydrogen) atoms. The fraction of sp³-hybridized carbons (Fsp3) is 0.786. The molecule has 3 unspecified atom stereocenters. The van der Waals surface area contributed by atoms with Crippen LogP contribution < -0.4 is 5.73 Å². The first-order valence-electron chi connectivity index (χ1n) is 7.29. The molecule has 5 heteroatoms. The van der Waals surface area contributed by atoms with Crippen molar-refractivity contribution in [3.05, 3.63) is 16.1 Å². The van der Waals surface area contributed by atoms with Crippen LogP contribution in [0.4, 0.5) is 0 Å². The normalized spacial score (nSPS) is 30.0. The average molecular weight is 281 g/mol. The summed E-state index contributed by atoms with van der Waals surface area (Å²) in [7, 11) is 0. The highest BCUT2D eigenvalue weighted by Gasteiger charge is 2.34. The lowest BCUT2D eigenvalue weighted by Gasteiger charge is -2.43. The van der Waals surface area contributed by atoms with Crippen molar-refractivity contribution in [3.8, 4) is 0 Å². The maximum Gasteiger partial charge on any atom is 0.109 e. The second-order valence-corrected chi connectivity index (χ2v) is 6.59. The third kappa shape index (κ3) is 2.99. The molecule has 1 aliphatic carbocycles. The monoisotopic (exact) mass is 281 g/mol. The van der Waals surface area contributed by atoms with Crippen molar-refractivity contribution in [2.24, 2.45) is 5.73 Å². The van der Waals surface area contributed by atoms with Crippen LogP contribution in [0.3, 0.4) is 0 Å². The molecule has 4 nitrogen and oxygen atoms in total. The zero-order valence-corrected chi connectivity index (χ0v) is 12.4. The summed E-state index contributed by atoms with van der Waals surface area (Å²) in [5, 5.41) is 3.20. The van der Waals surface area contributed by atoms with Crippen molar-refractivity contribution in [1.29, 1.82) is 0 Å². The fourth-order valence-corrected chi connectivity index (χ4v) is 3.95. The first-order valence-corrected chi connectivity index (χ1v) is 8.17. The van der Waals surface area contributed by atoms with E-state index in [0.29, 0.717) is 12.1 Å². The molecule has 1 aromatic heterocycles. The van der Waals surface area contributed by atoms with Gasteiger partial charge >= 0.3 is 0 Å². The predicted octanol–water partition coefficient (Wildman–Crippen LogP) is 2.31. The zero-order chi connectivity index (χ0) is 13.2. The Hall–Kier alpha value is -0.490. The molecular weight excluding hydrogens is 258 g/mol. The lowest BCUT2D eigenvalue weighted by molar-refractivity contribution is -0.0914. The highest BCUT2D eigenvalue weighted by atomic mass is 32.1. The minimum absolute atomic E-state index is 0.0471. The molecule has 1 saturated carbocycles. The summed E-state index contributed by atoms with van der Waals surface area (Å²) in [4.78, 5) is 7.22. The number of morpholine rings is 1. The van der Waals surface area contributed by atoms with Crippen molar-refractivity contribution >= 4 is 11.3 Å². The first kappa shape index (κ1) is 13.5. The van der Waals surface area contributed by atoms with Gasteiger partial charge in [-0.25, -0.2) is 4.98 Å². The molecule has 2 heterocycles. The van der Waals surface area contributed by atoms with E-state index in [1.165, 1.54) is 31.4 Å². The van der Waals surface area contributed by atoms with E-state index in [2.05, 4.69) is 15.3 Å². The van der Waals surface area contributed by atoms with E-state index in [1.807, 2.05) is 6.92 Å². The molecule has 0 amide bonds. The van der Waals surface area contributed by atoms with Crippen molar-refractivity contribution in [1.82, 2.24) is 9.88 Å². The molecular formula is C14H23N3OS. The van der Waals surface area contributed by atoms with Gasteiger partial charge < -0.3 is 10.5 Å². The Labute approximate surface area is 119 Å². The summed E-state index contributed by atoms with van der Waals surface area (Å²) >= 11 is 1.68. The van der Waals surface area contributed by atoms with Gasteiger partial charge in [0.2, 0.25) is 0 Å². The minimum Gasteiger partial charge on any atom is -0.375 e. The van der Waals surface area contributed by atoms with Crippen LogP contribution in [0.15, 0.2) is 5.38 Å². The molecule has 1 aliphatic heterocycles. The molecule has 2 N–H and O–H groups in total. The Morgan fingerprint density at radius 1 is 1.53 bits per heavy atom. The molecule has 2 fully saturated rings. The van der Waals surface area contributed by atoms with Gasteiger partial charge in [0, 0.05) is 24.5 Å². The number of ether oxygens (including phenoxy) is 1.